The molecule has 0 fully saturated rings. The van der Waals surface area contributed by atoms with Crippen molar-refractivity contribution in [3.63, 3.8) is 0 Å². The van der Waals surface area contributed by atoms with E-state index in [1.807, 2.05) is 6.92 Å². The lowest BCUT2D eigenvalue weighted by Crippen LogP contribution is -2.33. The summed E-state index contributed by atoms with van der Waals surface area (Å²) in [4.78, 5) is 38.3. The molecule has 0 aliphatic heterocycles. The number of rotatable bonds is 12. The van der Waals surface area contributed by atoms with Crippen LogP contribution in [-0.2, 0) is 37.3 Å². The van der Waals surface area contributed by atoms with E-state index in [4.69, 9.17) is 20.4 Å². The van der Waals surface area contributed by atoms with Gasteiger partial charge in [0.1, 0.15) is 11.8 Å². The predicted molar refractivity (Wildman–Crippen MR) is 160 cm³/mol. The van der Waals surface area contributed by atoms with E-state index in [1.165, 1.54) is 19.1 Å². The summed E-state index contributed by atoms with van der Waals surface area (Å²) in [5.74, 6) is -2.94. The van der Waals surface area contributed by atoms with Crippen molar-refractivity contribution >= 4 is 39.0 Å². The molecule has 0 saturated heterocycles. The van der Waals surface area contributed by atoms with Crippen molar-refractivity contribution in [2.24, 2.45) is 5.73 Å². The number of pyridine rings is 1. The molecular formula is C29H34F3N5O7S. The minimum absolute atomic E-state index is 0.0749. The highest BCUT2D eigenvalue weighted by atomic mass is 32.2. The molecule has 45 heavy (non-hydrogen) atoms. The van der Waals surface area contributed by atoms with Gasteiger partial charge in [-0.25, -0.2) is 13.2 Å². The van der Waals surface area contributed by atoms with E-state index in [0.29, 0.717) is 47.1 Å². The Hall–Kier alpha value is -4.70. The van der Waals surface area contributed by atoms with Crippen molar-refractivity contribution in [1.82, 2.24) is 10.3 Å². The first-order valence-electron chi connectivity index (χ1n) is 13.5. The molecule has 2 aromatic carbocycles. The van der Waals surface area contributed by atoms with Crippen molar-refractivity contribution in [2.45, 2.75) is 51.0 Å². The van der Waals surface area contributed by atoms with Gasteiger partial charge in [-0.15, -0.1) is 0 Å². The molecule has 1 atom stereocenters. The quantitative estimate of drug-likeness (QED) is 0.192. The van der Waals surface area contributed by atoms with Crippen LogP contribution < -0.4 is 26.4 Å². The predicted octanol–water partition coefficient (Wildman–Crippen LogP) is 3.79. The number of carboxylic acid groups (broad SMARTS) is 1. The third-order valence-electron chi connectivity index (χ3n) is 5.90. The first-order valence-corrected chi connectivity index (χ1v) is 15.1. The van der Waals surface area contributed by atoms with Gasteiger partial charge in [0.2, 0.25) is 11.8 Å². The number of aromatic nitrogens is 1. The number of benzene rings is 2. The molecular weight excluding hydrogens is 619 g/mol. The smallest absolute Gasteiger partial charge is 0.490 e. The van der Waals surface area contributed by atoms with E-state index in [0.717, 1.165) is 0 Å². The number of carbonyl (C=O) groups is 3. The van der Waals surface area contributed by atoms with Gasteiger partial charge in [-0.1, -0.05) is 19.1 Å². The van der Waals surface area contributed by atoms with E-state index < -0.39 is 33.9 Å². The number of carbonyl (C=O) groups excluding carboxylic acids is 2. The van der Waals surface area contributed by atoms with Crippen LogP contribution in [0.3, 0.4) is 0 Å². The topological polar surface area (TPSA) is 190 Å². The number of aliphatic carboxylic acids is 1. The van der Waals surface area contributed by atoms with Crippen molar-refractivity contribution in [2.75, 3.05) is 23.0 Å². The van der Waals surface area contributed by atoms with Crippen molar-refractivity contribution < 1.29 is 45.8 Å². The molecule has 0 aliphatic rings. The number of carboxylic acids is 1. The minimum Gasteiger partial charge on any atom is -0.494 e. The van der Waals surface area contributed by atoms with Crippen LogP contribution in [0, 0.1) is 0 Å². The molecule has 0 saturated carbocycles. The molecule has 16 heteroatoms. The summed E-state index contributed by atoms with van der Waals surface area (Å²) in [6.07, 6.45) is -3.49. The second-order valence-electron chi connectivity index (χ2n) is 9.25. The Kier molecular flexibility index (Phi) is 13.3. The second-order valence-corrected chi connectivity index (χ2v) is 11.5. The monoisotopic (exact) mass is 653 g/mol. The van der Waals surface area contributed by atoms with Crippen molar-refractivity contribution in [3.05, 3.63) is 77.6 Å². The molecule has 1 heterocycles. The molecule has 6 N–H and O–H groups in total. The maximum Gasteiger partial charge on any atom is 0.490 e. The van der Waals surface area contributed by atoms with Gasteiger partial charge in [0.25, 0.3) is 0 Å². The molecule has 3 rings (SSSR count). The SMILES string of the molecule is CCOc1cccc(C(Nc2ccc(CN)nc2)C(=O)NCc2cc(NC(C)=O)ccc2S(=O)(=O)CC)c1.O=C(O)C(F)(F)F. The number of nitrogens with one attached hydrogen (secondary N) is 3. The zero-order chi connectivity index (χ0) is 33.8. The number of hydrogen-bond donors (Lipinski definition) is 5. The molecule has 3 aromatic rings. The molecule has 1 unspecified atom stereocenters. The second kappa shape index (κ2) is 16.4. The van der Waals surface area contributed by atoms with E-state index in [1.54, 1.807) is 55.6 Å². The molecule has 12 nitrogen and oxygen atoms in total. The summed E-state index contributed by atoms with van der Waals surface area (Å²) in [5, 5.41) is 15.8. The number of alkyl halides is 3. The summed E-state index contributed by atoms with van der Waals surface area (Å²) < 4.78 is 62.8. The van der Waals surface area contributed by atoms with Gasteiger partial charge in [-0.2, -0.15) is 13.2 Å². The lowest BCUT2D eigenvalue weighted by atomic mass is 10.0. The van der Waals surface area contributed by atoms with E-state index in [2.05, 4.69) is 20.9 Å². The van der Waals surface area contributed by atoms with Gasteiger partial charge in [-0.05, 0) is 60.5 Å². The number of sulfone groups is 1. The fraction of sp³-hybridized carbons (Fsp3) is 0.310. The van der Waals surface area contributed by atoms with E-state index >= 15 is 0 Å². The van der Waals surface area contributed by atoms with Crippen LogP contribution in [0.5, 0.6) is 5.75 Å². The highest BCUT2D eigenvalue weighted by Gasteiger charge is 2.38. The van der Waals surface area contributed by atoms with E-state index in [9.17, 15) is 31.2 Å². The van der Waals surface area contributed by atoms with Gasteiger partial charge in [0, 0.05) is 25.7 Å². The third kappa shape index (κ3) is 11.4. The van der Waals surface area contributed by atoms with Crippen LogP contribution in [0.4, 0.5) is 24.5 Å². The van der Waals surface area contributed by atoms with Crippen LogP contribution in [0.2, 0.25) is 0 Å². The summed E-state index contributed by atoms with van der Waals surface area (Å²) >= 11 is 0. The van der Waals surface area contributed by atoms with Gasteiger partial charge < -0.3 is 31.5 Å². The Balaban J connectivity index is 0.000000900. The van der Waals surface area contributed by atoms with Crippen LogP contribution in [0.25, 0.3) is 0 Å². The molecule has 0 radical (unpaired) electrons. The Bertz CT molecular complexity index is 1580. The number of nitrogens with zero attached hydrogens (tertiary/aromatic N) is 1. The van der Waals surface area contributed by atoms with E-state index in [-0.39, 0.29) is 23.1 Å². The van der Waals surface area contributed by atoms with Crippen LogP contribution >= 0.6 is 0 Å². The number of halogens is 3. The Labute approximate surface area is 258 Å². The third-order valence-corrected chi connectivity index (χ3v) is 7.73. The fourth-order valence-corrected chi connectivity index (χ4v) is 4.91. The number of anilines is 2. The Morgan fingerprint density at radius 1 is 1.04 bits per heavy atom. The highest BCUT2D eigenvalue weighted by molar-refractivity contribution is 7.91. The lowest BCUT2D eigenvalue weighted by molar-refractivity contribution is -0.192. The fourth-order valence-electron chi connectivity index (χ4n) is 3.79. The van der Waals surface area contributed by atoms with Gasteiger partial charge in [0.15, 0.2) is 9.84 Å². The standard InChI is InChI=1S/C27H33N5O5S.C2HF3O2/c1-4-37-24-8-6-7-19(14-24)26(32-23-10-9-22(15-28)29-17-23)27(34)30-16-20-13-21(31-18(3)33)11-12-25(20)38(35,36)5-2;3-2(4,5)1(6)7/h6-14,17,26,32H,4-5,15-16,28H2,1-3H3,(H,30,34)(H,31,33);(H,6,7). The van der Waals surface area contributed by atoms with Crippen molar-refractivity contribution in [1.29, 1.82) is 0 Å². The van der Waals surface area contributed by atoms with Crippen LogP contribution in [-0.4, -0.2) is 54.8 Å². The zero-order valence-electron chi connectivity index (χ0n) is 24.6. The van der Waals surface area contributed by atoms with Gasteiger partial charge >= 0.3 is 12.1 Å². The highest BCUT2D eigenvalue weighted by Crippen LogP contribution is 2.25. The molecule has 0 aliphatic carbocycles. The summed E-state index contributed by atoms with van der Waals surface area (Å²) in [5.41, 5.74) is 8.39. The molecule has 244 valence electrons. The summed E-state index contributed by atoms with van der Waals surface area (Å²) in [6.45, 7) is 5.47. The Morgan fingerprint density at radius 2 is 1.71 bits per heavy atom. The summed E-state index contributed by atoms with van der Waals surface area (Å²) in [6, 6.07) is 14.4. The van der Waals surface area contributed by atoms with Crippen LogP contribution in [0.15, 0.2) is 65.7 Å². The normalized spacial score (nSPS) is 11.8. The maximum absolute atomic E-state index is 13.5. The number of amides is 2. The first kappa shape index (κ1) is 36.5. The van der Waals surface area contributed by atoms with Crippen LogP contribution in [0.1, 0.15) is 43.6 Å². The lowest BCUT2D eigenvalue weighted by Gasteiger charge is -2.21. The average molecular weight is 654 g/mol. The van der Waals surface area contributed by atoms with Crippen molar-refractivity contribution in [3.8, 4) is 5.75 Å². The number of nitrogens with two attached hydrogens (primary N) is 1. The first-order chi connectivity index (χ1) is 21.1. The molecule has 0 bridgehead atoms. The molecule has 1 aromatic heterocycles. The molecule has 0 spiro atoms. The molecule has 2 amide bonds. The largest absolute Gasteiger partial charge is 0.494 e. The van der Waals surface area contributed by atoms with Gasteiger partial charge in [0.05, 0.1) is 34.8 Å². The summed E-state index contributed by atoms with van der Waals surface area (Å²) in [7, 11) is -3.58. The Morgan fingerprint density at radius 3 is 2.24 bits per heavy atom. The minimum atomic E-state index is -5.08. The average Bonchev–Trinajstić information content (AvgIpc) is 2.98. The van der Waals surface area contributed by atoms with Gasteiger partial charge in [-0.3, -0.25) is 14.6 Å². The zero-order valence-corrected chi connectivity index (χ0v) is 25.5. The number of hydrogen-bond acceptors (Lipinski definition) is 9. The maximum atomic E-state index is 13.5. The number of ether oxygens (including phenoxy) is 1.